The Morgan fingerprint density at radius 2 is 2.07 bits per heavy atom. The van der Waals surface area contributed by atoms with Crippen LogP contribution in [0, 0.1) is 0 Å². The van der Waals surface area contributed by atoms with Gasteiger partial charge in [-0.05, 0) is 53.7 Å². The van der Waals surface area contributed by atoms with Gasteiger partial charge in [-0.2, -0.15) is 0 Å². The predicted octanol–water partition coefficient (Wildman–Crippen LogP) is 4.35. The van der Waals surface area contributed by atoms with Crippen LogP contribution in [0.25, 0.3) is 6.08 Å². The number of ether oxygens (including phenoxy) is 1. The number of carboxylic acids is 1. The summed E-state index contributed by atoms with van der Waals surface area (Å²) < 4.78 is 5.14. The van der Waals surface area contributed by atoms with Crippen LogP contribution in [-0.2, 0) is 9.59 Å². The van der Waals surface area contributed by atoms with E-state index in [-0.39, 0.29) is 5.91 Å². The van der Waals surface area contributed by atoms with Gasteiger partial charge in [0.25, 0.3) is 5.91 Å². The second-order valence-corrected chi connectivity index (χ2v) is 7.21. The zero-order valence-corrected chi connectivity index (χ0v) is 15.9. The number of nitrogens with one attached hydrogen (secondary N) is 1. The molecule has 2 aromatic carbocycles. The van der Waals surface area contributed by atoms with E-state index in [0.717, 1.165) is 0 Å². The summed E-state index contributed by atoms with van der Waals surface area (Å²) in [5.74, 6) is -0.955. The van der Waals surface area contributed by atoms with Crippen molar-refractivity contribution in [1.82, 2.24) is 5.32 Å². The molecule has 2 aromatic rings. The van der Waals surface area contributed by atoms with E-state index in [0.29, 0.717) is 37.1 Å². The minimum Gasteiger partial charge on any atom is -0.482 e. The molecular weight excluding hydrogens is 411 g/mol. The fourth-order valence-corrected chi connectivity index (χ4v) is 3.44. The highest BCUT2D eigenvalue weighted by Crippen LogP contribution is 2.32. The molecule has 0 radical (unpaired) electrons. The number of aliphatic imine (C=N–C) groups is 1. The molecule has 0 atom stereocenters. The Kier molecular flexibility index (Phi) is 6.05. The van der Waals surface area contributed by atoms with E-state index in [9.17, 15) is 9.59 Å². The van der Waals surface area contributed by atoms with Crippen LogP contribution in [0.4, 0.5) is 5.69 Å². The van der Waals surface area contributed by atoms with Gasteiger partial charge in [-0.25, -0.2) is 9.79 Å². The number of amides is 1. The monoisotopic (exact) mass is 422 g/mol. The number of hydrogen-bond acceptors (Lipinski definition) is 5. The normalized spacial score (nSPS) is 16.6. The molecule has 1 aliphatic heterocycles. The molecule has 1 fully saturated rings. The molecule has 0 unspecified atom stereocenters. The highest BCUT2D eigenvalue weighted by atomic mass is 35.5. The summed E-state index contributed by atoms with van der Waals surface area (Å²) in [5, 5.41) is 12.6. The molecule has 0 spiro atoms. The van der Waals surface area contributed by atoms with Crippen molar-refractivity contribution in [1.29, 1.82) is 0 Å². The molecule has 2 N–H and O–H groups in total. The lowest BCUT2D eigenvalue weighted by Crippen LogP contribution is -2.19. The lowest BCUT2D eigenvalue weighted by atomic mass is 10.2. The predicted molar refractivity (Wildman–Crippen MR) is 107 cm³/mol. The van der Waals surface area contributed by atoms with E-state index in [4.69, 9.17) is 33.0 Å². The number of halogens is 2. The first-order valence-corrected chi connectivity index (χ1v) is 9.17. The van der Waals surface area contributed by atoms with Crippen LogP contribution in [0.5, 0.6) is 5.75 Å². The number of thioether (sulfide) groups is 1. The first-order chi connectivity index (χ1) is 12.9. The smallest absolute Gasteiger partial charge is 0.341 e. The van der Waals surface area contributed by atoms with Gasteiger partial charge in [-0.3, -0.25) is 4.79 Å². The molecule has 6 nitrogen and oxygen atoms in total. The van der Waals surface area contributed by atoms with Gasteiger partial charge in [0.2, 0.25) is 0 Å². The quantitative estimate of drug-likeness (QED) is 0.699. The van der Waals surface area contributed by atoms with Gasteiger partial charge >= 0.3 is 5.97 Å². The first-order valence-electron chi connectivity index (χ1n) is 7.60. The lowest BCUT2D eigenvalue weighted by molar-refractivity contribution is -0.139. The van der Waals surface area contributed by atoms with Crippen molar-refractivity contribution >= 4 is 63.8 Å². The standard InChI is InChI=1S/C18H12Cl2N2O4S/c19-11-4-5-14(13(20)8-11)21-18-22-17(25)15(27-18)7-10-2-1-3-12(6-10)26-9-16(23)24/h1-8H,9H2,(H,23,24)(H,21,22,25)/b15-7+. The molecule has 0 aliphatic carbocycles. The Morgan fingerprint density at radius 3 is 2.81 bits per heavy atom. The van der Waals surface area contributed by atoms with Gasteiger partial charge in [-0.15, -0.1) is 0 Å². The van der Waals surface area contributed by atoms with Crippen molar-refractivity contribution in [2.45, 2.75) is 0 Å². The van der Waals surface area contributed by atoms with E-state index < -0.39 is 12.6 Å². The molecule has 27 heavy (non-hydrogen) atoms. The molecule has 1 saturated heterocycles. The van der Waals surface area contributed by atoms with Crippen molar-refractivity contribution in [2.75, 3.05) is 6.61 Å². The second-order valence-electron chi connectivity index (χ2n) is 5.33. The van der Waals surface area contributed by atoms with Gasteiger partial charge in [0, 0.05) is 5.02 Å². The topological polar surface area (TPSA) is 88.0 Å². The molecule has 1 aliphatic rings. The minimum absolute atomic E-state index is 0.291. The van der Waals surface area contributed by atoms with E-state index in [2.05, 4.69) is 10.3 Å². The van der Waals surface area contributed by atoms with Crippen molar-refractivity contribution in [3.63, 3.8) is 0 Å². The number of carbonyl (C=O) groups is 2. The number of carboxylic acid groups (broad SMARTS) is 1. The van der Waals surface area contributed by atoms with Crippen LogP contribution >= 0.6 is 35.0 Å². The van der Waals surface area contributed by atoms with Crippen LogP contribution in [0.2, 0.25) is 10.0 Å². The molecule has 3 rings (SSSR count). The summed E-state index contributed by atoms with van der Waals surface area (Å²) in [4.78, 5) is 27.5. The van der Waals surface area contributed by atoms with Crippen LogP contribution in [0.1, 0.15) is 5.56 Å². The third-order valence-electron chi connectivity index (χ3n) is 3.30. The second kappa shape index (κ2) is 8.47. The van der Waals surface area contributed by atoms with Gasteiger partial charge < -0.3 is 15.2 Å². The van der Waals surface area contributed by atoms with Gasteiger partial charge in [0.1, 0.15) is 5.75 Å². The highest BCUT2D eigenvalue weighted by molar-refractivity contribution is 8.18. The van der Waals surface area contributed by atoms with Crippen molar-refractivity contribution in [2.24, 2.45) is 4.99 Å². The van der Waals surface area contributed by atoms with Crippen LogP contribution in [-0.4, -0.2) is 28.8 Å². The molecule has 0 saturated carbocycles. The Bertz CT molecular complexity index is 976. The largest absolute Gasteiger partial charge is 0.482 e. The molecule has 0 bridgehead atoms. The van der Waals surface area contributed by atoms with Crippen LogP contribution < -0.4 is 10.1 Å². The van der Waals surface area contributed by atoms with Crippen molar-refractivity contribution in [3.8, 4) is 5.75 Å². The fourth-order valence-electron chi connectivity index (χ4n) is 2.15. The number of rotatable bonds is 5. The van der Waals surface area contributed by atoms with Gasteiger partial charge in [-0.1, -0.05) is 35.3 Å². The van der Waals surface area contributed by atoms with E-state index in [1.165, 1.54) is 11.8 Å². The summed E-state index contributed by atoms with van der Waals surface area (Å²) >= 11 is 13.1. The average Bonchev–Trinajstić information content (AvgIpc) is 2.95. The summed E-state index contributed by atoms with van der Waals surface area (Å²) in [5.41, 5.74) is 1.19. The Balaban J connectivity index is 1.78. The molecule has 1 amide bonds. The summed E-state index contributed by atoms with van der Waals surface area (Å²) in [7, 11) is 0. The van der Waals surface area contributed by atoms with Gasteiger partial charge in [0.15, 0.2) is 11.8 Å². The van der Waals surface area contributed by atoms with Crippen LogP contribution in [0.15, 0.2) is 52.4 Å². The number of aliphatic carboxylic acids is 1. The van der Waals surface area contributed by atoms with Crippen molar-refractivity contribution < 1.29 is 19.4 Å². The maximum Gasteiger partial charge on any atom is 0.341 e. The number of benzene rings is 2. The van der Waals surface area contributed by atoms with E-state index in [1.807, 2.05) is 0 Å². The minimum atomic E-state index is -1.06. The maximum absolute atomic E-state index is 12.2. The number of hydrogen-bond donors (Lipinski definition) is 2. The molecule has 0 aromatic heterocycles. The van der Waals surface area contributed by atoms with Crippen LogP contribution in [0.3, 0.4) is 0 Å². The lowest BCUT2D eigenvalue weighted by Gasteiger charge is -2.03. The summed E-state index contributed by atoms with van der Waals surface area (Å²) in [6.45, 7) is -0.437. The Labute approximate surface area is 168 Å². The SMILES string of the molecule is O=C(O)COc1cccc(/C=C2/SC(=Nc3ccc(Cl)cc3Cl)NC2=O)c1. The third-order valence-corrected chi connectivity index (χ3v) is 4.75. The summed E-state index contributed by atoms with van der Waals surface area (Å²) in [6.07, 6.45) is 1.67. The zero-order chi connectivity index (χ0) is 19.4. The molecule has 9 heteroatoms. The fraction of sp³-hybridized carbons (Fsp3) is 0.0556. The number of amidine groups is 1. The molecule has 1 heterocycles. The third kappa shape index (κ3) is 5.26. The first kappa shape index (κ1) is 19.3. The number of nitrogens with zero attached hydrogens (tertiary/aromatic N) is 1. The summed E-state index contributed by atoms with van der Waals surface area (Å²) in [6, 6.07) is 11.7. The van der Waals surface area contributed by atoms with E-state index >= 15 is 0 Å². The van der Waals surface area contributed by atoms with Crippen molar-refractivity contribution in [3.05, 3.63) is 63.0 Å². The molecular formula is C18H12Cl2N2O4S. The van der Waals surface area contributed by atoms with Gasteiger partial charge in [0.05, 0.1) is 15.6 Å². The average molecular weight is 423 g/mol. The molecule has 138 valence electrons. The van der Waals surface area contributed by atoms with E-state index in [1.54, 1.807) is 48.5 Å². The highest BCUT2D eigenvalue weighted by Gasteiger charge is 2.24. The maximum atomic E-state index is 12.2. The Morgan fingerprint density at radius 1 is 1.26 bits per heavy atom. The zero-order valence-electron chi connectivity index (χ0n) is 13.6. The number of carbonyl (C=O) groups excluding carboxylic acids is 1. The Hall–Kier alpha value is -2.48.